The van der Waals surface area contributed by atoms with Gasteiger partial charge in [0.2, 0.25) is 0 Å². The molecule has 25 heavy (non-hydrogen) atoms. The number of hydrogen-bond acceptors (Lipinski definition) is 5. The highest BCUT2D eigenvalue weighted by Crippen LogP contribution is 2.33. The Morgan fingerprint density at radius 3 is 2.76 bits per heavy atom. The van der Waals surface area contributed by atoms with Gasteiger partial charge in [-0.05, 0) is 17.2 Å². The molecule has 3 rings (SSSR count). The maximum absolute atomic E-state index is 10.8. The second kappa shape index (κ2) is 8.53. The summed E-state index contributed by atoms with van der Waals surface area (Å²) in [4.78, 5) is 10.8. The summed E-state index contributed by atoms with van der Waals surface area (Å²) in [5.74, 6) is 1.42. The number of hydrogen-bond donors (Lipinski definition) is 1. The lowest BCUT2D eigenvalue weighted by molar-refractivity contribution is -0.140. The van der Waals surface area contributed by atoms with E-state index >= 15 is 0 Å². The van der Waals surface area contributed by atoms with E-state index in [2.05, 4.69) is 23.5 Å². The third-order valence-electron chi connectivity index (χ3n) is 3.98. The van der Waals surface area contributed by atoms with Gasteiger partial charge in [-0.3, -0.25) is 4.79 Å². The maximum Gasteiger partial charge on any atom is 0.302 e. The van der Waals surface area contributed by atoms with E-state index in [-0.39, 0.29) is 5.97 Å². The number of esters is 1. The average Bonchev–Trinajstić information content (AvgIpc) is 2.62. The van der Waals surface area contributed by atoms with E-state index in [4.69, 9.17) is 14.2 Å². The lowest BCUT2D eigenvalue weighted by Crippen LogP contribution is -2.19. The highest BCUT2D eigenvalue weighted by Gasteiger charge is 2.14. The van der Waals surface area contributed by atoms with Gasteiger partial charge in [0.15, 0.2) is 11.5 Å². The quantitative estimate of drug-likeness (QED) is 0.785. The second-order valence-electron chi connectivity index (χ2n) is 5.95. The summed E-state index contributed by atoms with van der Waals surface area (Å²) in [6.45, 7) is 4.51. The van der Waals surface area contributed by atoms with Crippen LogP contribution in [0.25, 0.3) is 0 Å². The van der Waals surface area contributed by atoms with Crippen molar-refractivity contribution in [3.8, 4) is 11.5 Å². The summed E-state index contributed by atoms with van der Waals surface area (Å²) in [6, 6.07) is 14.3. The van der Waals surface area contributed by atoms with Crippen LogP contribution in [0.3, 0.4) is 0 Å². The first-order valence-electron chi connectivity index (χ1n) is 8.52. The first-order chi connectivity index (χ1) is 12.2. The molecule has 0 saturated carbocycles. The molecule has 132 valence electrons. The molecule has 5 nitrogen and oxygen atoms in total. The average molecular weight is 341 g/mol. The van der Waals surface area contributed by atoms with Gasteiger partial charge in [0.05, 0.1) is 6.61 Å². The van der Waals surface area contributed by atoms with Crippen LogP contribution in [-0.2, 0) is 29.0 Å². The summed E-state index contributed by atoms with van der Waals surface area (Å²) in [6.07, 6.45) is 0.727. The van der Waals surface area contributed by atoms with Crippen LogP contribution in [0, 0.1) is 0 Å². The SMILES string of the molecule is CC(=O)OCCc1cccc(CNCc2cccc3c2OCCO3)c1. The van der Waals surface area contributed by atoms with E-state index in [1.54, 1.807) is 0 Å². The lowest BCUT2D eigenvalue weighted by atomic mass is 10.1. The monoisotopic (exact) mass is 341 g/mol. The Morgan fingerprint density at radius 1 is 1.08 bits per heavy atom. The van der Waals surface area contributed by atoms with Crippen molar-refractivity contribution in [2.45, 2.75) is 26.4 Å². The highest BCUT2D eigenvalue weighted by molar-refractivity contribution is 5.65. The molecular weight excluding hydrogens is 318 g/mol. The van der Waals surface area contributed by atoms with Gasteiger partial charge in [0, 0.05) is 32.0 Å². The zero-order valence-electron chi connectivity index (χ0n) is 14.4. The molecule has 1 heterocycles. The molecule has 0 fully saturated rings. The second-order valence-corrected chi connectivity index (χ2v) is 5.95. The predicted molar refractivity (Wildman–Crippen MR) is 94.8 cm³/mol. The Hall–Kier alpha value is -2.53. The smallest absolute Gasteiger partial charge is 0.302 e. The first kappa shape index (κ1) is 17.3. The first-order valence-corrected chi connectivity index (χ1v) is 8.52. The normalized spacial score (nSPS) is 12.7. The van der Waals surface area contributed by atoms with Gasteiger partial charge in [-0.25, -0.2) is 0 Å². The molecule has 5 heteroatoms. The van der Waals surface area contributed by atoms with Gasteiger partial charge in [0.25, 0.3) is 0 Å². The molecule has 0 unspecified atom stereocenters. The van der Waals surface area contributed by atoms with Gasteiger partial charge >= 0.3 is 5.97 Å². The minimum absolute atomic E-state index is 0.241. The van der Waals surface area contributed by atoms with E-state index in [0.717, 1.165) is 35.6 Å². The molecule has 0 bridgehead atoms. The number of nitrogens with one attached hydrogen (secondary N) is 1. The van der Waals surface area contributed by atoms with Crippen LogP contribution < -0.4 is 14.8 Å². The topological polar surface area (TPSA) is 56.8 Å². The predicted octanol–water partition coefficient (Wildman–Crippen LogP) is 2.85. The molecule has 0 spiro atoms. The van der Waals surface area contributed by atoms with Crippen molar-refractivity contribution in [1.29, 1.82) is 0 Å². The fourth-order valence-corrected chi connectivity index (χ4v) is 2.82. The number of ether oxygens (including phenoxy) is 3. The van der Waals surface area contributed by atoms with Crippen molar-refractivity contribution in [3.05, 3.63) is 59.2 Å². The third kappa shape index (κ3) is 4.97. The van der Waals surface area contributed by atoms with Crippen LogP contribution >= 0.6 is 0 Å². The van der Waals surface area contributed by atoms with Crippen molar-refractivity contribution in [2.24, 2.45) is 0 Å². The summed E-state index contributed by atoms with van der Waals surface area (Å²) < 4.78 is 16.3. The lowest BCUT2D eigenvalue weighted by Gasteiger charge is -2.21. The largest absolute Gasteiger partial charge is 0.486 e. The molecule has 1 aliphatic heterocycles. The molecular formula is C20H23NO4. The standard InChI is InChI=1S/C20H23NO4/c1-15(22)23-9-8-16-4-2-5-17(12-16)13-21-14-18-6-3-7-19-20(18)25-11-10-24-19/h2-7,12,21H,8-11,13-14H2,1H3. The summed E-state index contributed by atoms with van der Waals surface area (Å²) in [7, 11) is 0. The van der Waals surface area contributed by atoms with Gasteiger partial charge in [0.1, 0.15) is 13.2 Å². The Bertz CT molecular complexity index is 729. The summed E-state index contributed by atoms with van der Waals surface area (Å²) >= 11 is 0. The maximum atomic E-state index is 10.8. The van der Waals surface area contributed by atoms with E-state index in [1.807, 2.05) is 24.3 Å². The van der Waals surface area contributed by atoms with Gasteiger partial charge in [-0.2, -0.15) is 0 Å². The molecule has 0 atom stereocenters. The van der Waals surface area contributed by atoms with E-state index < -0.39 is 0 Å². The number of carbonyl (C=O) groups is 1. The number of para-hydroxylation sites is 1. The molecule has 1 aliphatic rings. The number of fused-ring (bicyclic) bond motifs is 1. The highest BCUT2D eigenvalue weighted by atomic mass is 16.6. The Balaban J connectivity index is 1.53. The number of benzene rings is 2. The van der Waals surface area contributed by atoms with Crippen molar-refractivity contribution in [2.75, 3.05) is 19.8 Å². The minimum atomic E-state index is -0.241. The molecule has 0 saturated heterocycles. The molecule has 2 aromatic rings. The van der Waals surface area contributed by atoms with Crippen molar-refractivity contribution < 1.29 is 19.0 Å². The number of carbonyl (C=O) groups excluding carboxylic acids is 1. The molecule has 0 aliphatic carbocycles. The van der Waals surface area contributed by atoms with E-state index in [1.165, 1.54) is 12.5 Å². The zero-order chi connectivity index (χ0) is 17.5. The van der Waals surface area contributed by atoms with Crippen molar-refractivity contribution >= 4 is 5.97 Å². The van der Waals surface area contributed by atoms with E-state index in [0.29, 0.717) is 26.4 Å². The molecule has 0 aromatic heterocycles. The Kier molecular flexibility index (Phi) is 5.90. The van der Waals surface area contributed by atoms with Crippen LogP contribution in [0.2, 0.25) is 0 Å². The van der Waals surface area contributed by atoms with Gasteiger partial charge < -0.3 is 19.5 Å². The zero-order valence-corrected chi connectivity index (χ0v) is 14.4. The fraction of sp³-hybridized carbons (Fsp3) is 0.350. The van der Waals surface area contributed by atoms with Crippen LogP contribution in [-0.4, -0.2) is 25.8 Å². The fourth-order valence-electron chi connectivity index (χ4n) is 2.82. The van der Waals surface area contributed by atoms with Crippen molar-refractivity contribution in [3.63, 3.8) is 0 Å². The summed E-state index contributed by atoms with van der Waals surface area (Å²) in [5.41, 5.74) is 3.46. The summed E-state index contributed by atoms with van der Waals surface area (Å²) in [5, 5.41) is 3.45. The molecule has 1 N–H and O–H groups in total. The Labute approximate surface area is 147 Å². The van der Waals surface area contributed by atoms with Crippen LogP contribution in [0.5, 0.6) is 11.5 Å². The molecule has 0 amide bonds. The number of rotatable bonds is 7. The van der Waals surface area contributed by atoms with Crippen LogP contribution in [0.1, 0.15) is 23.6 Å². The van der Waals surface area contributed by atoms with Gasteiger partial charge in [-0.15, -0.1) is 0 Å². The third-order valence-corrected chi connectivity index (χ3v) is 3.98. The van der Waals surface area contributed by atoms with Crippen LogP contribution in [0.15, 0.2) is 42.5 Å². The Morgan fingerprint density at radius 2 is 1.88 bits per heavy atom. The van der Waals surface area contributed by atoms with Crippen LogP contribution in [0.4, 0.5) is 0 Å². The minimum Gasteiger partial charge on any atom is -0.486 e. The molecule has 2 aromatic carbocycles. The molecule has 0 radical (unpaired) electrons. The van der Waals surface area contributed by atoms with Crippen molar-refractivity contribution in [1.82, 2.24) is 5.32 Å². The van der Waals surface area contributed by atoms with Gasteiger partial charge in [-0.1, -0.05) is 36.4 Å². The van der Waals surface area contributed by atoms with E-state index in [9.17, 15) is 4.79 Å².